The van der Waals surface area contributed by atoms with Crippen LogP contribution in [0.1, 0.15) is 5.56 Å². The van der Waals surface area contributed by atoms with Crippen molar-refractivity contribution in [1.29, 1.82) is 0 Å². The molecule has 0 aromatic heterocycles. The quantitative estimate of drug-likeness (QED) is 0.846. The lowest BCUT2D eigenvalue weighted by Gasteiger charge is -2.22. The summed E-state index contributed by atoms with van der Waals surface area (Å²) in [5.41, 5.74) is 1.67. The van der Waals surface area contributed by atoms with Gasteiger partial charge in [-0.05, 0) is 33.2 Å². The first-order valence-electron chi connectivity index (χ1n) is 5.63. The predicted octanol–water partition coefficient (Wildman–Crippen LogP) is 0.974. The maximum absolute atomic E-state index is 12.0. The van der Waals surface area contributed by atoms with E-state index in [0.29, 0.717) is 5.69 Å². The summed E-state index contributed by atoms with van der Waals surface area (Å²) in [4.78, 5) is 25.8. The molecule has 0 saturated heterocycles. The number of carboxylic acids is 1. The molecule has 1 amide bonds. The summed E-state index contributed by atoms with van der Waals surface area (Å²) in [6, 6.07) is 7.22. The molecular weight excluding hydrogens is 232 g/mol. The summed E-state index contributed by atoms with van der Waals surface area (Å²) in [7, 11) is 3.54. The molecule has 18 heavy (non-hydrogen) atoms. The van der Waals surface area contributed by atoms with Gasteiger partial charge in [0.15, 0.2) is 0 Å². The Bertz CT molecular complexity index is 426. The summed E-state index contributed by atoms with van der Waals surface area (Å²) in [6.45, 7) is 1.80. The Balaban J connectivity index is 2.93. The van der Waals surface area contributed by atoms with E-state index in [0.717, 1.165) is 5.56 Å². The smallest absolute Gasteiger partial charge is 0.323 e. The van der Waals surface area contributed by atoms with Crippen LogP contribution in [0.25, 0.3) is 0 Å². The minimum Gasteiger partial charge on any atom is -0.480 e. The number of aliphatic carboxylic acids is 1. The average Bonchev–Trinajstić information content (AvgIpc) is 2.26. The standard InChI is InChI=1S/C13H18N2O3/c1-10-4-6-11(7-5-10)15(9-13(17)18)12(16)8-14(2)3/h4-7H,8-9H2,1-3H3,(H,17,18). The maximum atomic E-state index is 12.0. The van der Waals surface area contributed by atoms with Gasteiger partial charge in [-0.15, -0.1) is 0 Å². The Labute approximate surface area is 107 Å². The van der Waals surface area contributed by atoms with E-state index in [-0.39, 0.29) is 19.0 Å². The summed E-state index contributed by atoms with van der Waals surface area (Å²) in [5.74, 6) is -1.26. The molecule has 1 aromatic rings. The lowest BCUT2D eigenvalue weighted by atomic mass is 10.2. The number of hydrogen-bond donors (Lipinski definition) is 1. The molecule has 5 nitrogen and oxygen atoms in total. The third-order valence-electron chi connectivity index (χ3n) is 2.39. The van der Waals surface area contributed by atoms with Gasteiger partial charge in [-0.2, -0.15) is 0 Å². The van der Waals surface area contributed by atoms with E-state index in [1.54, 1.807) is 31.1 Å². The normalized spacial score (nSPS) is 10.4. The van der Waals surface area contributed by atoms with Crippen LogP contribution in [0.4, 0.5) is 5.69 Å². The molecule has 0 aliphatic carbocycles. The minimum absolute atomic E-state index is 0.182. The number of carbonyl (C=O) groups excluding carboxylic acids is 1. The van der Waals surface area contributed by atoms with Crippen molar-refractivity contribution in [3.63, 3.8) is 0 Å². The Morgan fingerprint density at radius 2 is 1.67 bits per heavy atom. The fraction of sp³-hybridized carbons (Fsp3) is 0.385. The topological polar surface area (TPSA) is 60.9 Å². The van der Waals surface area contributed by atoms with E-state index in [4.69, 9.17) is 5.11 Å². The van der Waals surface area contributed by atoms with Crippen LogP contribution >= 0.6 is 0 Å². The highest BCUT2D eigenvalue weighted by Gasteiger charge is 2.18. The zero-order valence-corrected chi connectivity index (χ0v) is 10.9. The van der Waals surface area contributed by atoms with E-state index in [1.807, 2.05) is 19.1 Å². The second-order valence-electron chi connectivity index (χ2n) is 4.45. The fourth-order valence-corrected chi connectivity index (χ4v) is 1.54. The Morgan fingerprint density at radius 1 is 1.11 bits per heavy atom. The Hall–Kier alpha value is -1.88. The van der Waals surface area contributed by atoms with E-state index >= 15 is 0 Å². The number of anilines is 1. The van der Waals surface area contributed by atoms with Gasteiger partial charge in [0.1, 0.15) is 6.54 Å². The molecule has 98 valence electrons. The molecule has 0 unspecified atom stereocenters. The van der Waals surface area contributed by atoms with Gasteiger partial charge in [-0.25, -0.2) is 0 Å². The van der Waals surface area contributed by atoms with Crippen LogP contribution in [0.3, 0.4) is 0 Å². The van der Waals surface area contributed by atoms with Crippen molar-refractivity contribution >= 4 is 17.6 Å². The highest BCUT2D eigenvalue weighted by molar-refractivity contribution is 5.98. The second-order valence-corrected chi connectivity index (χ2v) is 4.45. The van der Waals surface area contributed by atoms with Gasteiger partial charge < -0.3 is 14.9 Å². The van der Waals surface area contributed by atoms with Crippen LogP contribution in [-0.2, 0) is 9.59 Å². The maximum Gasteiger partial charge on any atom is 0.323 e. The third-order valence-corrected chi connectivity index (χ3v) is 2.39. The second kappa shape index (κ2) is 6.16. The number of amides is 1. The highest BCUT2D eigenvalue weighted by Crippen LogP contribution is 2.15. The molecule has 0 atom stereocenters. The van der Waals surface area contributed by atoms with E-state index in [1.165, 1.54) is 4.90 Å². The van der Waals surface area contributed by atoms with Gasteiger partial charge in [0.2, 0.25) is 5.91 Å². The van der Waals surface area contributed by atoms with Gasteiger partial charge in [0, 0.05) is 5.69 Å². The molecular formula is C13H18N2O3. The average molecular weight is 250 g/mol. The van der Waals surface area contributed by atoms with Gasteiger partial charge in [0.25, 0.3) is 0 Å². The number of hydrogen-bond acceptors (Lipinski definition) is 3. The molecule has 0 radical (unpaired) electrons. The van der Waals surface area contributed by atoms with Crippen LogP contribution in [0, 0.1) is 6.92 Å². The van der Waals surface area contributed by atoms with Crippen molar-refractivity contribution in [3.8, 4) is 0 Å². The predicted molar refractivity (Wildman–Crippen MR) is 69.7 cm³/mol. The van der Waals surface area contributed by atoms with Crippen molar-refractivity contribution in [2.24, 2.45) is 0 Å². The molecule has 1 rings (SSSR count). The molecule has 0 aliphatic rings. The van der Waals surface area contributed by atoms with E-state index in [2.05, 4.69) is 0 Å². The number of likely N-dealkylation sites (N-methyl/N-ethyl adjacent to an activating group) is 1. The molecule has 0 spiro atoms. The molecule has 0 saturated carbocycles. The largest absolute Gasteiger partial charge is 0.480 e. The Kier molecular flexibility index (Phi) is 4.85. The fourth-order valence-electron chi connectivity index (χ4n) is 1.54. The molecule has 5 heteroatoms. The van der Waals surface area contributed by atoms with Gasteiger partial charge in [0.05, 0.1) is 6.54 Å². The third kappa shape index (κ3) is 4.18. The molecule has 1 N–H and O–H groups in total. The molecule has 0 aliphatic heterocycles. The number of rotatable bonds is 5. The first-order valence-corrected chi connectivity index (χ1v) is 5.63. The lowest BCUT2D eigenvalue weighted by Crippen LogP contribution is -2.41. The zero-order valence-electron chi connectivity index (χ0n) is 10.9. The van der Waals surface area contributed by atoms with Crippen LogP contribution in [0.5, 0.6) is 0 Å². The molecule has 0 fully saturated rings. The summed E-state index contributed by atoms with van der Waals surface area (Å²) in [6.07, 6.45) is 0. The Morgan fingerprint density at radius 3 is 2.11 bits per heavy atom. The molecule has 0 heterocycles. The van der Waals surface area contributed by atoms with Gasteiger partial charge >= 0.3 is 5.97 Å². The van der Waals surface area contributed by atoms with Crippen molar-refractivity contribution in [1.82, 2.24) is 4.90 Å². The van der Waals surface area contributed by atoms with Crippen LogP contribution in [-0.4, -0.2) is 49.1 Å². The van der Waals surface area contributed by atoms with E-state index in [9.17, 15) is 9.59 Å². The summed E-state index contributed by atoms with van der Waals surface area (Å²) < 4.78 is 0. The number of nitrogens with zero attached hydrogens (tertiary/aromatic N) is 2. The highest BCUT2D eigenvalue weighted by atomic mass is 16.4. The van der Waals surface area contributed by atoms with Crippen molar-refractivity contribution < 1.29 is 14.7 Å². The SMILES string of the molecule is Cc1ccc(N(CC(=O)O)C(=O)CN(C)C)cc1. The van der Waals surface area contributed by atoms with Crippen molar-refractivity contribution in [2.75, 3.05) is 32.1 Å². The summed E-state index contributed by atoms with van der Waals surface area (Å²) >= 11 is 0. The molecule has 0 bridgehead atoms. The van der Waals surface area contributed by atoms with Crippen LogP contribution in [0.15, 0.2) is 24.3 Å². The first-order chi connectivity index (χ1) is 8.40. The van der Waals surface area contributed by atoms with Crippen LogP contribution in [0.2, 0.25) is 0 Å². The van der Waals surface area contributed by atoms with Gasteiger partial charge in [-0.1, -0.05) is 17.7 Å². The van der Waals surface area contributed by atoms with Crippen molar-refractivity contribution in [3.05, 3.63) is 29.8 Å². The van der Waals surface area contributed by atoms with Crippen molar-refractivity contribution in [2.45, 2.75) is 6.92 Å². The number of carbonyl (C=O) groups is 2. The summed E-state index contributed by atoms with van der Waals surface area (Å²) in [5, 5.41) is 8.88. The minimum atomic E-state index is -1.03. The number of carboxylic acid groups (broad SMARTS) is 1. The van der Waals surface area contributed by atoms with E-state index < -0.39 is 5.97 Å². The monoisotopic (exact) mass is 250 g/mol. The number of benzene rings is 1. The molecule has 1 aromatic carbocycles. The van der Waals surface area contributed by atoms with Crippen LogP contribution < -0.4 is 4.90 Å². The lowest BCUT2D eigenvalue weighted by molar-refractivity contribution is -0.136. The first kappa shape index (κ1) is 14.2. The van der Waals surface area contributed by atoms with Gasteiger partial charge in [-0.3, -0.25) is 9.59 Å². The number of aryl methyl sites for hydroxylation is 1. The zero-order chi connectivity index (χ0) is 13.7.